The number of aliphatic hydroxyl groups excluding tert-OH is 1. The zero-order chi connectivity index (χ0) is 20.1. The number of nitrogens with zero attached hydrogens (tertiary/aromatic N) is 3. The van der Waals surface area contributed by atoms with Crippen LogP contribution in [0.2, 0.25) is 5.02 Å². The van der Waals surface area contributed by atoms with E-state index in [2.05, 4.69) is 33.9 Å². The number of anilines is 2. The average Bonchev–Trinajstić information content (AvgIpc) is 2.96. The van der Waals surface area contributed by atoms with Gasteiger partial charge >= 0.3 is 0 Å². The molecule has 3 rings (SSSR count). The highest BCUT2D eigenvalue weighted by Crippen LogP contribution is 2.21. The largest absolute Gasteiger partial charge is 0.394 e. The van der Waals surface area contributed by atoms with E-state index in [4.69, 9.17) is 11.6 Å². The predicted octanol–water partition coefficient (Wildman–Crippen LogP) is 3.27. The molecule has 2 N–H and O–H groups in total. The van der Waals surface area contributed by atoms with Gasteiger partial charge in [0.25, 0.3) is 5.91 Å². The molecule has 1 aliphatic rings. The maximum atomic E-state index is 12.3. The first-order valence-corrected chi connectivity index (χ1v) is 9.91. The molecule has 0 atom stereocenters. The van der Waals surface area contributed by atoms with E-state index in [0.717, 1.165) is 38.4 Å². The number of nitrogens with one attached hydrogen (secondary N) is 1. The molecule has 28 heavy (non-hydrogen) atoms. The molecule has 0 spiro atoms. The van der Waals surface area contributed by atoms with Crippen LogP contribution in [0.15, 0.2) is 42.6 Å². The lowest BCUT2D eigenvalue weighted by Crippen LogP contribution is -2.48. The van der Waals surface area contributed by atoms with E-state index in [1.165, 1.54) is 0 Å². The van der Waals surface area contributed by atoms with Crippen LogP contribution in [0.1, 0.15) is 30.6 Å². The number of hydrogen-bond donors (Lipinski definition) is 2. The highest BCUT2D eigenvalue weighted by Gasteiger charge is 2.28. The van der Waals surface area contributed by atoms with Crippen molar-refractivity contribution in [1.82, 2.24) is 9.88 Å². The summed E-state index contributed by atoms with van der Waals surface area (Å²) in [6.07, 6.45) is 2.70. The molecule has 0 bridgehead atoms. The lowest BCUT2D eigenvalue weighted by Gasteiger charge is -2.36. The van der Waals surface area contributed by atoms with Gasteiger partial charge in [-0.1, -0.05) is 11.6 Å². The smallest absolute Gasteiger partial charge is 0.255 e. The Bertz CT molecular complexity index is 793. The van der Waals surface area contributed by atoms with Crippen LogP contribution < -0.4 is 10.2 Å². The summed E-state index contributed by atoms with van der Waals surface area (Å²) in [7, 11) is 0. The fourth-order valence-corrected chi connectivity index (χ4v) is 3.43. The second-order valence-corrected chi connectivity index (χ2v) is 8.10. The number of halogens is 1. The molecule has 0 radical (unpaired) electrons. The first-order valence-electron chi connectivity index (χ1n) is 9.53. The van der Waals surface area contributed by atoms with Crippen molar-refractivity contribution in [2.45, 2.75) is 25.8 Å². The van der Waals surface area contributed by atoms with Gasteiger partial charge in [-0.3, -0.25) is 9.69 Å². The summed E-state index contributed by atoms with van der Waals surface area (Å²) in [6.45, 7) is 7.89. The summed E-state index contributed by atoms with van der Waals surface area (Å²) in [5.41, 5.74) is 0.994. The van der Waals surface area contributed by atoms with Gasteiger partial charge in [0.05, 0.1) is 18.5 Å². The molecule has 1 fully saturated rings. The molecular formula is C21H27ClN4O2. The van der Waals surface area contributed by atoms with Crippen molar-refractivity contribution in [2.75, 3.05) is 43.0 Å². The van der Waals surface area contributed by atoms with Gasteiger partial charge in [-0.15, -0.1) is 0 Å². The van der Waals surface area contributed by atoms with E-state index in [1.54, 1.807) is 30.5 Å². The number of amides is 1. The van der Waals surface area contributed by atoms with Crippen LogP contribution in [0.3, 0.4) is 0 Å². The standard InChI is InChI=1S/C21H27ClN4O2/c1-21(2,15-27)26-11-3-10-25(12-13-26)19-9-8-18(14-23-19)24-20(28)16-4-6-17(22)7-5-16/h4-9,14,27H,3,10-13,15H2,1-2H3,(H,24,28). The SMILES string of the molecule is CC(C)(CO)N1CCCN(c2ccc(NC(=O)c3ccc(Cl)cc3)cn2)CC1. The quantitative estimate of drug-likeness (QED) is 0.803. The normalized spacial score (nSPS) is 15.9. The van der Waals surface area contributed by atoms with Crippen LogP contribution in [0.4, 0.5) is 11.5 Å². The molecule has 150 valence electrons. The van der Waals surface area contributed by atoms with Gasteiger partial charge in [0, 0.05) is 42.3 Å². The highest BCUT2D eigenvalue weighted by atomic mass is 35.5. The third kappa shape index (κ3) is 5.01. The van der Waals surface area contributed by atoms with E-state index >= 15 is 0 Å². The van der Waals surface area contributed by atoms with E-state index < -0.39 is 0 Å². The fraction of sp³-hybridized carbons (Fsp3) is 0.429. The number of aliphatic hydroxyl groups is 1. The second kappa shape index (κ2) is 8.90. The number of carbonyl (C=O) groups excluding carboxylic acids is 1. The molecule has 1 aliphatic heterocycles. The van der Waals surface area contributed by atoms with Gasteiger partial charge in [-0.25, -0.2) is 4.98 Å². The Kier molecular flexibility index (Phi) is 6.54. The van der Waals surface area contributed by atoms with Crippen LogP contribution in [0.5, 0.6) is 0 Å². The number of hydrogen-bond acceptors (Lipinski definition) is 5. The molecule has 0 unspecified atom stereocenters. The lowest BCUT2D eigenvalue weighted by atomic mass is 10.0. The van der Waals surface area contributed by atoms with Gasteiger partial charge in [-0.05, 0) is 56.7 Å². The van der Waals surface area contributed by atoms with Crippen molar-refractivity contribution in [3.05, 3.63) is 53.2 Å². The predicted molar refractivity (Wildman–Crippen MR) is 113 cm³/mol. The molecule has 1 saturated heterocycles. The highest BCUT2D eigenvalue weighted by molar-refractivity contribution is 6.30. The van der Waals surface area contributed by atoms with Crippen LogP contribution in [-0.4, -0.2) is 59.2 Å². The summed E-state index contributed by atoms with van der Waals surface area (Å²) in [5, 5.41) is 13.1. The number of benzene rings is 1. The van der Waals surface area contributed by atoms with E-state index in [-0.39, 0.29) is 18.1 Å². The molecule has 2 heterocycles. The molecule has 1 aromatic carbocycles. The monoisotopic (exact) mass is 402 g/mol. The van der Waals surface area contributed by atoms with Gasteiger partial charge in [0.2, 0.25) is 0 Å². The minimum Gasteiger partial charge on any atom is -0.394 e. The van der Waals surface area contributed by atoms with Crippen molar-refractivity contribution < 1.29 is 9.90 Å². The van der Waals surface area contributed by atoms with Crippen molar-refractivity contribution in [3.63, 3.8) is 0 Å². The molecule has 1 amide bonds. The minimum absolute atomic E-state index is 0.146. The van der Waals surface area contributed by atoms with E-state index in [0.29, 0.717) is 16.3 Å². The topological polar surface area (TPSA) is 68.7 Å². The fourth-order valence-electron chi connectivity index (χ4n) is 3.30. The summed E-state index contributed by atoms with van der Waals surface area (Å²) in [6, 6.07) is 10.6. The molecule has 0 saturated carbocycles. The van der Waals surface area contributed by atoms with E-state index in [9.17, 15) is 9.90 Å². The van der Waals surface area contributed by atoms with Crippen LogP contribution in [-0.2, 0) is 0 Å². The Morgan fingerprint density at radius 3 is 2.54 bits per heavy atom. The molecule has 7 heteroatoms. The van der Waals surface area contributed by atoms with Gasteiger partial charge in [-0.2, -0.15) is 0 Å². The maximum Gasteiger partial charge on any atom is 0.255 e. The Hall–Kier alpha value is -2.15. The van der Waals surface area contributed by atoms with Crippen LogP contribution >= 0.6 is 11.6 Å². The van der Waals surface area contributed by atoms with Crippen molar-refractivity contribution in [2.24, 2.45) is 0 Å². The summed E-state index contributed by atoms with van der Waals surface area (Å²) < 4.78 is 0. The van der Waals surface area contributed by atoms with Crippen LogP contribution in [0.25, 0.3) is 0 Å². The average molecular weight is 403 g/mol. The number of rotatable bonds is 5. The molecule has 2 aromatic rings. The Balaban J connectivity index is 1.61. The number of carbonyl (C=O) groups is 1. The minimum atomic E-state index is -0.209. The Morgan fingerprint density at radius 1 is 1.14 bits per heavy atom. The van der Waals surface area contributed by atoms with Crippen molar-refractivity contribution >= 4 is 29.0 Å². The molecule has 1 aromatic heterocycles. The van der Waals surface area contributed by atoms with Crippen molar-refractivity contribution in [3.8, 4) is 0 Å². The second-order valence-electron chi connectivity index (χ2n) is 7.66. The maximum absolute atomic E-state index is 12.3. The van der Waals surface area contributed by atoms with Gasteiger partial charge in [0.15, 0.2) is 0 Å². The zero-order valence-corrected chi connectivity index (χ0v) is 17.1. The molecular weight excluding hydrogens is 376 g/mol. The third-order valence-corrected chi connectivity index (χ3v) is 5.43. The Morgan fingerprint density at radius 2 is 1.89 bits per heavy atom. The summed E-state index contributed by atoms with van der Waals surface area (Å²) in [5.74, 6) is 0.705. The van der Waals surface area contributed by atoms with Crippen molar-refractivity contribution in [1.29, 1.82) is 0 Å². The first-order chi connectivity index (χ1) is 13.4. The zero-order valence-electron chi connectivity index (χ0n) is 16.4. The number of aromatic nitrogens is 1. The van der Waals surface area contributed by atoms with Crippen LogP contribution in [0, 0.1) is 0 Å². The summed E-state index contributed by atoms with van der Waals surface area (Å²) in [4.78, 5) is 21.4. The lowest BCUT2D eigenvalue weighted by molar-refractivity contribution is 0.0629. The number of pyridine rings is 1. The first kappa shape index (κ1) is 20.6. The molecule has 6 nitrogen and oxygen atoms in total. The molecule has 0 aliphatic carbocycles. The third-order valence-electron chi connectivity index (χ3n) is 5.18. The van der Waals surface area contributed by atoms with E-state index in [1.807, 2.05) is 12.1 Å². The Labute approximate surface area is 171 Å². The van der Waals surface area contributed by atoms with Gasteiger partial charge < -0.3 is 15.3 Å². The summed E-state index contributed by atoms with van der Waals surface area (Å²) >= 11 is 5.86. The van der Waals surface area contributed by atoms with Gasteiger partial charge in [0.1, 0.15) is 5.82 Å².